The van der Waals surface area contributed by atoms with Crippen LogP contribution in [0, 0.1) is 5.92 Å². The summed E-state index contributed by atoms with van der Waals surface area (Å²) in [6, 6.07) is 9.73. The van der Waals surface area contributed by atoms with Crippen molar-refractivity contribution in [1.82, 2.24) is 5.32 Å². The Hall–Kier alpha value is -2.10. The minimum Gasteiger partial charge on any atom is -0.452 e. The third-order valence-corrected chi connectivity index (χ3v) is 3.14. The first-order chi connectivity index (χ1) is 9.85. The first-order valence-corrected chi connectivity index (χ1v) is 7.11. The third kappa shape index (κ3) is 4.45. The predicted molar refractivity (Wildman–Crippen MR) is 81.4 cm³/mol. The highest BCUT2D eigenvalue weighted by atomic mass is 16.6. The lowest BCUT2D eigenvalue weighted by atomic mass is 10.0. The Morgan fingerprint density at radius 2 is 1.95 bits per heavy atom. The van der Waals surface area contributed by atoms with E-state index in [4.69, 9.17) is 4.74 Å². The normalized spacial score (nSPS) is 22.3. The number of nitrogens with one attached hydrogen (secondary N) is 1. The predicted octanol–water partition coefficient (Wildman–Crippen LogP) is 2.55. The van der Waals surface area contributed by atoms with E-state index in [1.807, 2.05) is 63.3 Å². The van der Waals surface area contributed by atoms with E-state index >= 15 is 0 Å². The maximum absolute atomic E-state index is 12.0. The Balaban J connectivity index is 1.97. The van der Waals surface area contributed by atoms with Crippen molar-refractivity contribution in [2.75, 3.05) is 0 Å². The van der Waals surface area contributed by atoms with Crippen LogP contribution in [0.15, 0.2) is 36.4 Å². The molecule has 1 amide bonds. The van der Waals surface area contributed by atoms with Gasteiger partial charge in [0, 0.05) is 12.0 Å². The van der Waals surface area contributed by atoms with Crippen LogP contribution in [0.5, 0.6) is 0 Å². The van der Waals surface area contributed by atoms with Gasteiger partial charge in [0.25, 0.3) is 5.91 Å². The molecule has 1 aliphatic heterocycles. The number of rotatable bonds is 3. The number of benzene rings is 1. The lowest BCUT2D eigenvalue weighted by Gasteiger charge is -2.22. The van der Waals surface area contributed by atoms with E-state index in [0.717, 1.165) is 5.56 Å². The molecule has 0 aliphatic carbocycles. The molecule has 112 valence electrons. The highest BCUT2D eigenvalue weighted by Crippen LogP contribution is 2.24. The van der Waals surface area contributed by atoms with E-state index in [0.29, 0.717) is 6.42 Å². The maximum atomic E-state index is 12.0. The van der Waals surface area contributed by atoms with E-state index < -0.39 is 6.10 Å². The molecule has 0 radical (unpaired) electrons. The van der Waals surface area contributed by atoms with Crippen molar-refractivity contribution in [1.29, 1.82) is 0 Å². The third-order valence-electron chi connectivity index (χ3n) is 3.14. The van der Waals surface area contributed by atoms with Crippen LogP contribution in [0.25, 0.3) is 6.08 Å². The van der Waals surface area contributed by atoms with Crippen molar-refractivity contribution in [3.8, 4) is 0 Å². The van der Waals surface area contributed by atoms with Gasteiger partial charge in [-0.05, 0) is 26.3 Å². The minimum absolute atomic E-state index is 0.230. The first kappa shape index (κ1) is 15.3. The van der Waals surface area contributed by atoms with Gasteiger partial charge < -0.3 is 10.1 Å². The summed E-state index contributed by atoms with van der Waals surface area (Å²) in [7, 11) is 0. The molecule has 0 spiro atoms. The molecule has 4 nitrogen and oxygen atoms in total. The molecular formula is C17H21NO3. The van der Waals surface area contributed by atoms with Gasteiger partial charge in [-0.2, -0.15) is 0 Å². The molecule has 0 bridgehead atoms. The quantitative estimate of drug-likeness (QED) is 0.869. The second-order valence-corrected chi connectivity index (χ2v) is 6.28. The fraction of sp³-hybridized carbons (Fsp3) is 0.412. The summed E-state index contributed by atoms with van der Waals surface area (Å²) < 4.78 is 5.17. The zero-order chi connectivity index (χ0) is 15.5. The fourth-order valence-corrected chi connectivity index (χ4v) is 2.16. The number of amides is 1. The zero-order valence-corrected chi connectivity index (χ0v) is 12.6. The van der Waals surface area contributed by atoms with Crippen LogP contribution in [0.4, 0.5) is 0 Å². The highest BCUT2D eigenvalue weighted by molar-refractivity contribution is 5.88. The van der Waals surface area contributed by atoms with Crippen molar-refractivity contribution < 1.29 is 14.3 Å². The topological polar surface area (TPSA) is 55.4 Å². The molecule has 1 fully saturated rings. The number of carbonyl (C=O) groups is 2. The Bertz CT molecular complexity index is 543. The molecule has 1 heterocycles. The van der Waals surface area contributed by atoms with Crippen molar-refractivity contribution in [3.63, 3.8) is 0 Å². The van der Waals surface area contributed by atoms with Crippen molar-refractivity contribution >= 4 is 18.0 Å². The Labute approximate surface area is 125 Å². The van der Waals surface area contributed by atoms with Crippen molar-refractivity contribution in [3.05, 3.63) is 42.0 Å². The standard InChI is InChI=1S/C17H21NO3/c1-17(2,3)18-15(19)14-11-13(16(20)21-14)10-9-12-7-5-4-6-8-12/h4-10,13-14H,11H2,1-3H3,(H,18,19)/b10-9+/t13-,14?/m0/s1. The number of cyclic esters (lactones) is 1. The number of ether oxygens (including phenoxy) is 1. The molecule has 1 unspecified atom stereocenters. The van der Waals surface area contributed by atoms with E-state index in [1.54, 1.807) is 0 Å². The van der Waals surface area contributed by atoms with Crippen LogP contribution in [-0.4, -0.2) is 23.5 Å². The average Bonchev–Trinajstić information content (AvgIpc) is 2.77. The van der Waals surface area contributed by atoms with Crippen molar-refractivity contribution in [2.24, 2.45) is 5.92 Å². The molecule has 0 aromatic heterocycles. The Kier molecular flexibility index (Phi) is 4.46. The number of hydrogen-bond acceptors (Lipinski definition) is 3. The van der Waals surface area contributed by atoms with Gasteiger partial charge in [0.2, 0.25) is 0 Å². The number of hydrogen-bond donors (Lipinski definition) is 1. The van der Waals surface area contributed by atoms with Crippen LogP contribution in [0.2, 0.25) is 0 Å². The molecule has 1 saturated heterocycles. The summed E-state index contributed by atoms with van der Waals surface area (Å²) in [5, 5.41) is 2.84. The maximum Gasteiger partial charge on any atom is 0.313 e. The SMILES string of the molecule is CC(C)(C)NC(=O)C1C[C@H](/C=C/c2ccccc2)C(=O)O1. The molecule has 1 N–H and O–H groups in total. The van der Waals surface area contributed by atoms with Crippen LogP contribution in [0.3, 0.4) is 0 Å². The monoisotopic (exact) mass is 287 g/mol. The second-order valence-electron chi connectivity index (χ2n) is 6.28. The molecule has 1 aliphatic rings. The van der Waals surface area contributed by atoms with Gasteiger partial charge in [0.15, 0.2) is 6.10 Å². The molecule has 2 rings (SSSR count). The summed E-state index contributed by atoms with van der Waals surface area (Å²) in [6.45, 7) is 5.69. The molecule has 2 atom stereocenters. The van der Waals surface area contributed by atoms with Gasteiger partial charge in [-0.15, -0.1) is 0 Å². The summed E-state index contributed by atoms with van der Waals surface area (Å²) in [6.07, 6.45) is 3.39. The highest BCUT2D eigenvalue weighted by Gasteiger charge is 2.38. The van der Waals surface area contributed by atoms with E-state index in [-0.39, 0.29) is 23.3 Å². The zero-order valence-electron chi connectivity index (χ0n) is 12.6. The van der Waals surface area contributed by atoms with Crippen LogP contribution >= 0.6 is 0 Å². The van der Waals surface area contributed by atoms with E-state index in [9.17, 15) is 9.59 Å². The lowest BCUT2D eigenvalue weighted by molar-refractivity contribution is -0.149. The second kappa shape index (κ2) is 6.12. The smallest absolute Gasteiger partial charge is 0.313 e. The fourth-order valence-electron chi connectivity index (χ4n) is 2.16. The Morgan fingerprint density at radius 3 is 2.57 bits per heavy atom. The average molecular weight is 287 g/mol. The van der Waals surface area contributed by atoms with Gasteiger partial charge in [-0.3, -0.25) is 9.59 Å². The van der Waals surface area contributed by atoms with Gasteiger partial charge in [0.1, 0.15) is 0 Å². The lowest BCUT2D eigenvalue weighted by Crippen LogP contribution is -2.45. The van der Waals surface area contributed by atoms with Gasteiger partial charge in [-0.1, -0.05) is 42.5 Å². The molecule has 4 heteroatoms. The minimum atomic E-state index is -0.692. The number of esters is 1. The van der Waals surface area contributed by atoms with Crippen LogP contribution in [0.1, 0.15) is 32.8 Å². The summed E-state index contributed by atoms with van der Waals surface area (Å²) in [5.41, 5.74) is 0.689. The molecule has 0 saturated carbocycles. The van der Waals surface area contributed by atoms with E-state index in [1.165, 1.54) is 0 Å². The molecule has 21 heavy (non-hydrogen) atoms. The Morgan fingerprint density at radius 1 is 1.29 bits per heavy atom. The van der Waals surface area contributed by atoms with Crippen LogP contribution in [-0.2, 0) is 14.3 Å². The van der Waals surface area contributed by atoms with Gasteiger partial charge >= 0.3 is 5.97 Å². The van der Waals surface area contributed by atoms with Crippen LogP contribution < -0.4 is 5.32 Å². The van der Waals surface area contributed by atoms with E-state index in [2.05, 4.69) is 5.32 Å². The number of carbonyl (C=O) groups excluding carboxylic acids is 2. The summed E-state index contributed by atoms with van der Waals surface area (Å²) >= 11 is 0. The molecular weight excluding hydrogens is 266 g/mol. The van der Waals surface area contributed by atoms with Crippen molar-refractivity contribution in [2.45, 2.75) is 38.8 Å². The molecule has 1 aromatic carbocycles. The largest absolute Gasteiger partial charge is 0.452 e. The molecule has 1 aromatic rings. The summed E-state index contributed by atoms with van der Waals surface area (Å²) in [4.78, 5) is 23.8. The first-order valence-electron chi connectivity index (χ1n) is 7.11. The van der Waals surface area contributed by atoms with Gasteiger partial charge in [-0.25, -0.2) is 0 Å². The van der Waals surface area contributed by atoms with Gasteiger partial charge in [0.05, 0.1) is 5.92 Å². The summed E-state index contributed by atoms with van der Waals surface area (Å²) in [5.74, 6) is -0.927.